The molecule has 0 saturated carbocycles. The van der Waals surface area contributed by atoms with Gasteiger partial charge in [-0.1, -0.05) is 0 Å². The van der Waals surface area contributed by atoms with Crippen LogP contribution in [0.25, 0.3) is 4.96 Å². The van der Waals surface area contributed by atoms with Crippen LogP contribution < -0.4 is 10.9 Å². The maximum atomic E-state index is 12.1. The van der Waals surface area contributed by atoms with E-state index in [-0.39, 0.29) is 24.2 Å². The number of amides is 1. The number of carbonyl (C=O) groups is 2. The Morgan fingerprint density at radius 3 is 2.78 bits per heavy atom. The molecule has 0 saturated heterocycles. The molecule has 27 heavy (non-hydrogen) atoms. The number of anilines is 1. The van der Waals surface area contributed by atoms with Crippen molar-refractivity contribution in [1.29, 1.82) is 5.26 Å². The highest BCUT2D eigenvalue weighted by atomic mass is 32.1. The number of aryl methyl sites for hydroxylation is 1. The van der Waals surface area contributed by atoms with Crippen molar-refractivity contribution in [3.8, 4) is 6.07 Å². The number of rotatable bonds is 5. The molecule has 0 fully saturated rings. The first-order valence-corrected chi connectivity index (χ1v) is 8.76. The lowest BCUT2D eigenvalue weighted by Gasteiger charge is -2.06. The summed E-state index contributed by atoms with van der Waals surface area (Å²) in [5, 5.41) is 12.8. The van der Waals surface area contributed by atoms with Gasteiger partial charge in [0.2, 0.25) is 5.91 Å². The van der Waals surface area contributed by atoms with Gasteiger partial charge in [0, 0.05) is 22.8 Å². The van der Waals surface area contributed by atoms with Crippen LogP contribution in [0.4, 0.5) is 5.69 Å². The maximum Gasteiger partial charge on any atom is 0.338 e. The molecule has 0 aliphatic carbocycles. The van der Waals surface area contributed by atoms with E-state index in [1.165, 1.54) is 46.1 Å². The number of thiazole rings is 1. The summed E-state index contributed by atoms with van der Waals surface area (Å²) >= 11 is 1.34. The Balaban J connectivity index is 1.65. The summed E-state index contributed by atoms with van der Waals surface area (Å²) in [5.41, 5.74) is 1.72. The zero-order chi connectivity index (χ0) is 19.4. The average molecular weight is 382 g/mol. The lowest BCUT2D eigenvalue weighted by atomic mass is 10.2. The van der Waals surface area contributed by atoms with Crippen molar-refractivity contribution in [1.82, 2.24) is 9.38 Å². The Morgan fingerprint density at radius 1 is 1.33 bits per heavy atom. The molecule has 0 radical (unpaired) electrons. The summed E-state index contributed by atoms with van der Waals surface area (Å²) in [5.74, 6) is -1.00. The van der Waals surface area contributed by atoms with E-state index < -0.39 is 11.9 Å². The van der Waals surface area contributed by atoms with Gasteiger partial charge in [-0.2, -0.15) is 5.26 Å². The van der Waals surface area contributed by atoms with E-state index in [2.05, 4.69) is 10.3 Å². The van der Waals surface area contributed by atoms with Crippen molar-refractivity contribution in [2.75, 3.05) is 5.32 Å². The van der Waals surface area contributed by atoms with Crippen molar-refractivity contribution in [3.63, 3.8) is 0 Å². The first-order valence-electron chi connectivity index (χ1n) is 7.88. The smallest absolute Gasteiger partial charge is 0.338 e. The number of nitrogens with zero attached hydrogens (tertiary/aromatic N) is 3. The highest BCUT2D eigenvalue weighted by molar-refractivity contribution is 7.15. The Hall–Kier alpha value is -3.51. The van der Waals surface area contributed by atoms with Crippen LogP contribution >= 0.6 is 11.3 Å². The van der Waals surface area contributed by atoms with Crippen molar-refractivity contribution < 1.29 is 14.3 Å². The van der Waals surface area contributed by atoms with Gasteiger partial charge in [0.05, 0.1) is 17.3 Å². The number of carbonyl (C=O) groups excluding carboxylic acids is 2. The van der Waals surface area contributed by atoms with Gasteiger partial charge < -0.3 is 10.1 Å². The average Bonchev–Trinajstić information content (AvgIpc) is 3.02. The van der Waals surface area contributed by atoms with Gasteiger partial charge in [0.1, 0.15) is 13.0 Å². The summed E-state index contributed by atoms with van der Waals surface area (Å²) in [6, 6.07) is 9.17. The van der Waals surface area contributed by atoms with E-state index in [1.807, 2.05) is 12.3 Å². The van der Waals surface area contributed by atoms with E-state index in [0.29, 0.717) is 16.3 Å². The van der Waals surface area contributed by atoms with Crippen molar-refractivity contribution in [2.24, 2.45) is 0 Å². The van der Waals surface area contributed by atoms with Gasteiger partial charge in [0.15, 0.2) is 4.96 Å². The third kappa shape index (κ3) is 4.19. The Morgan fingerprint density at radius 2 is 2.07 bits per heavy atom. The van der Waals surface area contributed by atoms with E-state index in [0.717, 1.165) is 5.69 Å². The van der Waals surface area contributed by atoms with Crippen LogP contribution in [0.15, 0.2) is 40.5 Å². The topological polar surface area (TPSA) is 114 Å². The third-order valence-corrected chi connectivity index (χ3v) is 4.57. The van der Waals surface area contributed by atoms with Crippen LogP contribution in [0.3, 0.4) is 0 Å². The zero-order valence-electron chi connectivity index (χ0n) is 14.3. The van der Waals surface area contributed by atoms with Crippen LogP contribution in [0.5, 0.6) is 0 Å². The molecule has 136 valence electrons. The first-order chi connectivity index (χ1) is 13.0. The maximum absolute atomic E-state index is 12.1. The van der Waals surface area contributed by atoms with E-state index in [9.17, 15) is 14.4 Å². The van der Waals surface area contributed by atoms with Crippen LogP contribution in [0.1, 0.15) is 28.2 Å². The molecule has 8 nitrogen and oxygen atoms in total. The van der Waals surface area contributed by atoms with Crippen molar-refractivity contribution in [2.45, 2.75) is 20.0 Å². The minimum Gasteiger partial charge on any atom is -0.456 e. The standard InChI is InChI=1S/C18H14N4O4S/c1-11-10-27-18-21-14(8-16(24)22(11)18)9-26-17(25)12-2-4-13(5-3-12)20-15(23)6-7-19/h2-5,8,10H,6,9H2,1H3,(H,20,23). The lowest BCUT2D eigenvalue weighted by molar-refractivity contribution is -0.115. The van der Waals surface area contributed by atoms with Gasteiger partial charge in [0.25, 0.3) is 5.56 Å². The predicted molar refractivity (Wildman–Crippen MR) is 98.5 cm³/mol. The monoisotopic (exact) mass is 382 g/mol. The van der Waals surface area contributed by atoms with Crippen LogP contribution in [0, 0.1) is 18.3 Å². The number of hydrogen-bond acceptors (Lipinski definition) is 7. The van der Waals surface area contributed by atoms with Crippen molar-refractivity contribution >= 4 is 33.9 Å². The number of esters is 1. The second-order valence-electron chi connectivity index (χ2n) is 5.62. The fourth-order valence-electron chi connectivity index (χ4n) is 2.36. The fourth-order valence-corrected chi connectivity index (χ4v) is 3.25. The largest absolute Gasteiger partial charge is 0.456 e. The fraction of sp³-hybridized carbons (Fsp3) is 0.167. The summed E-state index contributed by atoms with van der Waals surface area (Å²) in [4.78, 5) is 40.5. The Bertz CT molecular complexity index is 1110. The third-order valence-electron chi connectivity index (χ3n) is 3.62. The molecular formula is C18H14N4O4S. The van der Waals surface area contributed by atoms with Gasteiger partial charge in [-0.15, -0.1) is 11.3 Å². The SMILES string of the molecule is Cc1csc2nc(COC(=O)c3ccc(NC(=O)CC#N)cc3)cc(=O)n12. The normalized spacial score (nSPS) is 10.4. The molecule has 2 aromatic heterocycles. The van der Waals surface area contributed by atoms with Gasteiger partial charge in [-0.05, 0) is 31.2 Å². The molecule has 1 aromatic carbocycles. The number of hydrogen-bond donors (Lipinski definition) is 1. The van der Waals surface area contributed by atoms with E-state index >= 15 is 0 Å². The van der Waals surface area contributed by atoms with Crippen LogP contribution in [0.2, 0.25) is 0 Å². The molecule has 3 aromatic rings. The molecule has 0 aliphatic heterocycles. The highest BCUT2D eigenvalue weighted by Gasteiger charge is 2.11. The Kier molecular flexibility index (Phi) is 5.28. The van der Waals surface area contributed by atoms with E-state index in [1.54, 1.807) is 6.07 Å². The molecule has 0 unspecified atom stereocenters. The number of nitriles is 1. The number of aromatic nitrogens is 2. The molecule has 2 heterocycles. The number of benzene rings is 1. The number of ether oxygens (including phenoxy) is 1. The Labute approximate surface area is 157 Å². The van der Waals surface area contributed by atoms with Gasteiger partial charge in [-0.3, -0.25) is 14.0 Å². The van der Waals surface area contributed by atoms with Gasteiger partial charge >= 0.3 is 5.97 Å². The van der Waals surface area contributed by atoms with Crippen LogP contribution in [-0.4, -0.2) is 21.3 Å². The number of fused-ring (bicyclic) bond motifs is 1. The number of nitrogens with one attached hydrogen (secondary N) is 1. The quantitative estimate of drug-likeness (QED) is 0.677. The van der Waals surface area contributed by atoms with Crippen molar-refractivity contribution in [3.05, 3.63) is 63.0 Å². The minimum atomic E-state index is -0.575. The molecule has 0 aliphatic rings. The van der Waals surface area contributed by atoms with Gasteiger partial charge in [-0.25, -0.2) is 9.78 Å². The van der Waals surface area contributed by atoms with E-state index in [4.69, 9.17) is 10.00 Å². The minimum absolute atomic E-state index is 0.123. The molecule has 3 rings (SSSR count). The summed E-state index contributed by atoms with van der Waals surface area (Å²) in [6.07, 6.45) is -0.245. The summed E-state index contributed by atoms with van der Waals surface area (Å²) < 4.78 is 6.70. The molecule has 0 atom stereocenters. The molecule has 9 heteroatoms. The molecule has 1 amide bonds. The lowest BCUT2D eigenvalue weighted by Crippen LogP contribution is -2.16. The predicted octanol–water partition coefficient (Wildman–Crippen LogP) is 2.27. The zero-order valence-corrected chi connectivity index (χ0v) is 15.1. The second kappa shape index (κ2) is 7.80. The molecule has 1 N–H and O–H groups in total. The molecular weight excluding hydrogens is 368 g/mol. The molecule has 0 bridgehead atoms. The first kappa shape index (κ1) is 18.3. The van der Waals surface area contributed by atoms with Crippen LogP contribution in [-0.2, 0) is 16.1 Å². The summed E-state index contributed by atoms with van der Waals surface area (Å²) in [7, 11) is 0. The summed E-state index contributed by atoms with van der Waals surface area (Å²) in [6.45, 7) is 1.70. The molecule has 0 spiro atoms. The highest BCUT2D eigenvalue weighted by Crippen LogP contribution is 2.14. The second-order valence-corrected chi connectivity index (χ2v) is 6.45.